The fourth-order valence-electron chi connectivity index (χ4n) is 4.18. The van der Waals surface area contributed by atoms with E-state index in [9.17, 15) is 13.2 Å². The van der Waals surface area contributed by atoms with Gasteiger partial charge in [0.15, 0.2) is 5.13 Å². The van der Waals surface area contributed by atoms with Gasteiger partial charge in [-0.25, -0.2) is 13.4 Å². The van der Waals surface area contributed by atoms with Crippen LogP contribution in [0, 0.1) is 12.8 Å². The average molecular weight is 479 g/mol. The van der Waals surface area contributed by atoms with Gasteiger partial charge < -0.3 is 9.64 Å². The van der Waals surface area contributed by atoms with Crippen molar-refractivity contribution in [1.29, 1.82) is 0 Å². The number of ether oxygens (including phenoxy) is 1. The van der Waals surface area contributed by atoms with Gasteiger partial charge >= 0.3 is 0 Å². The van der Waals surface area contributed by atoms with E-state index in [-0.39, 0.29) is 16.6 Å². The predicted molar refractivity (Wildman–Crippen MR) is 126 cm³/mol. The summed E-state index contributed by atoms with van der Waals surface area (Å²) in [4.78, 5) is 21.7. The number of rotatable bonds is 7. The van der Waals surface area contributed by atoms with Crippen LogP contribution in [0.5, 0.6) is 5.75 Å². The first-order valence-electron chi connectivity index (χ1n) is 11.0. The lowest BCUT2D eigenvalue weighted by molar-refractivity contribution is -0.117. The van der Waals surface area contributed by atoms with E-state index in [0.717, 1.165) is 42.5 Å². The number of aromatic nitrogens is 1. The molecule has 32 heavy (non-hydrogen) atoms. The lowest BCUT2D eigenvalue weighted by atomic mass is 9.99. The van der Waals surface area contributed by atoms with Crippen molar-refractivity contribution in [2.45, 2.75) is 51.0 Å². The van der Waals surface area contributed by atoms with Gasteiger partial charge in [0.25, 0.3) is 10.0 Å². The van der Waals surface area contributed by atoms with Crippen LogP contribution in [-0.2, 0) is 21.4 Å². The van der Waals surface area contributed by atoms with Crippen LogP contribution in [0.4, 0.5) is 10.8 Å². The number of likely N-dealkylation sites (tertiary alicyclic amines) is 1. The van der Waals surface area contributed by atoms with E-state index >= 15 is 0 Å². The molecule has 3 heterocycles. The Hall–Kier alpha value is -2.17. The Morgan fingerprint density at radius 2 is 2.00 bits per heavy atom. The van der Waals surface area contributed by atoms with Crippen molar-refractivity contribution >= 4 is 38.1 Å². The Bertz CT molecular complexity index is 1090. The molecule has 0 atom stereocenters. The third-order valence-electron chi connectivity index (χ3n) is 6.18. The van der Waals surface area contributed by atoms with Gasteiger partial charge in [-0.3, -0.25) is 14.4 Å². The van der Waals surface area contributed by atoms with E-state index in [4.69, 9.17) is 4.74 Å². The molecule has 1 amide bonds. The van der Waals surface area contributed by atoms with Crippen molar-refractivity contribution in [3.8, 4) is 5.75 Å². The number of amides is 1. The molecule has 0 spiro atoms. The van der Waals surface area contributed by atoms with E-state index in [1.165, 1.54) is 37.4 Å². The Morgan fingerprint density at radius 1 is 1.25 bits per heavy atom. The van der Waals surface area contributed by atoms with Crippen LogP contribution >= 0.6 is 11.3 Å². The molecule has 2 aliphatic heterocycles. The highest BCUT2D eigenvalue weighted by Gasteiger charge is 2.27. The Labute approximate surface area is 193 Å². The summed E-state index contributed by atoms with van der Waals surface area (Å²) in [7, 11) is -2.52. The fraction of sp³-hybridized carbons (Fsp3) is 0.545. The van der Waals surface area contributed by atoms with Crippen LogP contribution in [0.3, 0.4) is 0 Å². The number of aryl methyl sites for hydroxylation is 1. The molecule has 2 aliphatic rings. The third kappa shape index (κ3) is 4.92. The van der Waals surface area contributed by atoms with Crippen LogP contribution in [0.25, 0.3) is 0 Å². The van der Waals surface area contributed by atoms with Crippen LogP contribution < -0.4 is 14.4 Å². The Morgan fingerprint density at radius 3 is 2.66 bits per heavy atom. The minimum absolute atomic E-state index is 0.00114. The lowest BCUT2D eigenvalue weighted by Gasteiger charge is -2.29. The van der Waals surface area contributed by atoms with Gasteiger partial charge in [0.1, 0.15) is 10.6 Å². The van der Waals surface area contributed by atoms with Gasteiger partial charge in [0.05, 0.1) is 12.8 Å². The maximum absolute atomic E-state index is 13.2. The molecule has 2 fully saturated rings. The maximum Gasteiger partial charge on any atom is 0.267 e. The molecule has 4 rings (SSSR count). The van der Waals surface area contributed by atoms with E-state index in [1.807, 2.05) is 6.92 Å². The summed E-state index contributed by atoms with van der Waals surface area (Å²) in [5, 5.41) is 0.340. The molecule has 2 aromatic rings. The summed E-state index contributed by atoms with van der Waals surface area (Å²) in [6, 6.07) is 4.80. The minimum atomic E-state index is -3.95. The highest BCUT2D eigenvalue weighted by atomic mass is 32.2. The molecular formula is C22H30N4O4S2. The van der Waals surface area contributed by atoms with Gasteiger partial charge in [0, 0.05) is 30.1 Å². The first-order chi connectivity index (χ1) is 15.3. The maximum atomic E-state index is 13.2. The van der Waals surface area contributed by atoms with Crippen LogP contribution in [0.15, 0.2) is 23.1 Å². The van der Waals surface area contributed by atoms with Gasteiger partial charge in [-0.2, -0.15) is 0 Å². The second kappa shape index (κ2) is 9.36. The first kappa shape index (κ1) is 23.0. The molecule has 1 aromatic carbocycles. The normalized spacial score (nSPS) is 18.3. The topological polar surface area (TPSA) is 91.8 Å². The SMILES string of the molecule is COc1ccc(N2CCCC2=O)cc1S(=O)(=O)Nc1nc(C)c(CN2CCC(C)CC2)s1. The molecule has 10 heteroatoms. The second-order valence-corrected chi connectivity index (χ2v) is 11.3. The number of thiazole rings is 1. The average Bonchev–Trinajstić information content (AvgIpc) is 3.33. The number of piperidine rings is 1. The zero-order valence-electron chi connectivity index (χ0n) is 18.8. The molecular weight excluding hydrogens is 448 g/mol. The molecule has 0 unspecified atom stereocenters. The molecule has 1 N–H and O–H groups in total. The molecule has 1 aromatic heterocycles. The molecule has 0 radical (unpaired) electrons. The highest BCUT2D eigenvalue weighted by molar-refractivity contribution is 7.93. The summed E-state index contributed by atoms with van der Waals surface area (Å²) in [5.74, 6) is 0.986. The number of nitrogens with zero attached hydrogens (tertiary/aromatic N) is 3. The summed E-state index contributed by atoms with van der Waals surface area (Å²) in [6.07, 6.45) is 3.62. The summed E-state index contributed by atoms with van der Waals surface area (Å²) in [6.45, 7) is 7.68. The van der Waals surface area contributed by atoms with Gasteiger partial charge in [0.2, 0.25) is 5.91 Å². The molecule has 0 aliphatic carbocycles. The van der Waals surface area contributed by atoms with Crippen LogP contribution in [0.1, 0.15) is 43.2 Å². The number of carbonyl (C=O) groups excluding carboxylic acids is 1. The zero-order valence-corrected chi connectivity index (χ0v) is 20.4. The smallest absolute Gasteiger partial charge is 0.267 e. The van der Waals surface area contributed by atoms with E-state index in [2.05, 4.69) is 21.5 Å². The standard InChI is InChI=1S/C22H30N4O4S2/c1-15-8-11-25(12-9-15)14-19-16(2)23-22(31-19)24-32(28,29)20-13-17(6-7-18(20)30-3)26-10-4-5-21(26)27/h6-7,13,15H,4-5,8-12,14H2,1-3H3,(H,23,24). The number of carbonyl (C=O) groups is 1. The molecule has 174 valence electrons. The lowest BCUT2D eigenvalue weighted by Crippen LogP contribution is -2.32. The third-order valence-corrected chi connectivity index (χ3v) is 8.73. The monoisotopic (exact) mass is 478 g/mol. The van der Waals surface area contributed by atoms with E-state index in [1.54, 1.807) is 17.0 Å². The molecule has 2 saturated heterocycles. The van der Waals surface area contributed by atoms with Crippen molar-refractivity contribution < 1.29 is 17.9 Å². The van der Waals surface area contributed by atoms with Crippen molar-refractivity contribution in [3.05, 3.63) is 28.8 Å². The number of sulfonamides is 1. The Balaban J connectivity index is 1.55. The molecule has 0 bridgehead atoms. The number of nitrogens with one attached hydrogen (secondary N) is 1. The van der Waals surface area contributed by atoms with Gasteiger partial charge in [-0.15, -0.1) is 0 Å². The predicted octanol–water partition coefficient (Wildman–Crippen LogP) is 3.62. The number of hydrogen-bond donors (Lipinski definition) is 1. The molecule has 8 nitrogen and oxygen atoms in total. The van der Waals surface area contributed by atoms with Crippen molar-refractivity contribution in [2.75, 3.05) is 36.4 Å². The first-order valence-corrected chi connectivity index (χ1v) is 13.3. The number of hydrogen-bond acceptors (Lipinski definition) is 7. The minimum Gasteiger partial charge on any atom is -0.495 e. The Kier molecular flexibility index (Phi) is 6.73. The van der Waals surface area contributed by atoms with E-state index in [0.29, 0.717) is 23.8 Å². The summed E-state index contributed by atoms with van der Waals surface area (Å²) < 4.78 is 34.4. The molecule has 0 saturated carbocycles. The van der Waals surface area contributed by atoms with Gasteiger partial charge in [-0.1, -0.05) is 18.3 Å². The summed E-state index contributed by atoms with van der Waals surface area (Å²) >= 11 is 1.37. The number of methoxy groups -OCH3 is 1. The largest absolute Gasteiger partial charge is 0.495 e. The second-order valence-electron chi connectivity index (χ2n) is 8.58. The van der Waals surface area contributed by atoms with E-state index < -0.39 is 10.0 Å². The fourth-order valence-corrected chi connectivity index (χ4v) is 6.61. The van der Waals surface area contributed by atoms with Gasteiger partial charge in [-0.05, 0) is 63.4 Å². The quantitative estimate of drug-likeness (QED) is 0.654. The zero-order chi connectivity index (χ0) is 22.9. The van der Waals surface area contributed by atoms with Crippen molar-refractivity contribution in [1.82, 2.24) is 9.88 Å². The van der Waals surface area contributed by atoms with Crippen molar-refractivity contribution in [2.24, 2.45) is 5.92 Å². The summed E-state index contributed by atoms with van der Waals surface area (Å²) in [5.41, 5.74) is 1.40. The number of anilines is 2. The van der Waals surface area contributed by atoms with Crippen LogP contribution in [0.2, 0.25) is 0 Å². The van der Waals surface area contributed by atoms with Crippen molar-refractivity contribution in [3.63, 3.8) is 0 Å². The number of benzene rings is 1. The van der Waals surface area contributed by atoms with Crippen LogP contribution in [-0.4, -0.2) is 51.0 Å². The highest BCUT2D eigenvalue weighted by Crippen LogP contribution is 2.33.